The molecule has 4 rings (SSSR count). The first-order valence-corrected chi connectivity index (χ1v) is 7.13. The number of nitrogens with one attached hydrogen (secondary N) is 1. The molecule has 21 heavy (non-hydrogen) atoms. The van der Waals surface area contributed by atoms with Crippen molar-refractivity contribution < 1.29 is 9.90 Å². The monoisotopic (exact) mass is 302 g/mol. The lowest BCUT2D eigenvalue weighted by Gasteiger charge is -2.01. The molecule has 8 nitrogen and oxygen atoms in total. The van der Waals surface area contributed by atoms with Crippen LogP contribution < -0.4 is 0 Å². The number of nitrogens with zero attached hydrogens (tertiary/aromatic N) is 5. The van der Waals surface area contributed by atoms with Crippen molar-refractivity contribution >= 4 is 40.3 Å². The predicted molar refractivity (Wildman–Crippen MR) is 76.5 cm³/mol. The fourth-order valence-electron chi connectivity index (χ4n) is 2.19. The Morgan fingerprint density at radius 1 is 1.38 bits per heavy atom. The molecule has 1 unspecified atom stereocenters. The lowest BCUT2D eigenvalue weighted by Crippen LogP contribution is -2.12. The number of carbonyl (C=O) groups is 1. The number of hydrogen-bond acceptors (Lipinski definition) is 5. The number of H-pyrrole nitrogens is 1. The minimum absolute atomic E-state index is 0.495. The first kappa shape index (κ1) is 12.2. The van der Waals surface area contributed by atoms with E-state index in [0.717, 1.165) is 22.8 Å². The summed E-state index contributed by atoms with van der Waals surface area (Å²) < 4.78 is 3.51. The van der Waals surface area contributed by atoms with Crippen LogP contribution in [0.4, 0.5) is 0 Å². The molecule has 0 saturated heterocycles. The summed E-state index contributed by atoms with van der Waals surface area (Å²) in [7, 11) is 0. The van der Waals surface area contributed by atoms with Gasteiger partial charge >= 0.3 is 5.97 Å². The van der Waals surface area contributed by atoms with E-state index in [9.17, 15) is 4.79 Å². The molecule has 1 aromatic carbocycles. The van der Waals surface area contributed by atoms with Gasteiger partial charge in [-0.15, -0.1) is 10.2 Å². The van der Waals surface area contributed by atoms with Gasteiger partial charge in [-0.25, -0.2) is 9.38 Å². The molecule has 0 bridgehead atoms. The van der Waals surface area contributed by atoms with Crippen LogP contribution in [0.1, 0.15) is 6.92 Å². The Kier molecular flexibility index (Phi) is 2.45. The number of aliphatic carboxylic acids is 1. The molecule has 1 atom stereocenters. The molecule has 3 aromatic heterocycles. The topological polar surface area (TPSA) is 101 Å². The molecule has 106 valence electrons. The zero-order chi connectivity index (χ0) is 14.6. The number of para-hydroxylation sites is 2. The van der Waals surface area contributed by atoms with E-state index in [-0.39, 0.29) is 0 Å². The summed E-state index contributed by atoms with van der Waals surface area (Å²) in [6, 6.07) is 7.72. The Morgan fingerprint density at radius 2 is 2.19 bits per heavy atom. The second-order valence-corrected chi connectivity index (χ2v) is 5.90. The molecule has 2 N–H and O–H groups in total. The zero-order valence-electron chi connectivity index (χ0n) is 10.9. The standard InChI is InChI=1S/C12H10N6O2S/c1-6(9(19)20)21-12-15-14-11-17-8-5-3-2-4-7(8)13-10(17)16-18(11)12/h2-6H,1H3,(H,13,16)(H,19,20). The number of aromatic nitrogens is 6. The third kappa shape index (κ3) is 1.70. The predicted octanol–water partition coefficient (Wildman–Crippen LogP) is 1.42. The van der Waals surface area contributed by atoms with Gasteiger partial charge in [0.25, 0.3) is 5.78 Å². The van der Waals surface area contributed by atoms with Gasteiger partial charge in [-0.2, -0.15) is 4.52 Å². The molecule has 3 heterocycles. The summed E-state index contributed by atoms with van der Waals surface area (Å²) in [5.41, 5.74) is 1.79. The minimum atomic E-state index is -0.890. The van der Waals surface area contributed by atoms with Crippen molar-refractivity contribution in [1.29, 1.82) is 0 Å². The third-order valence-electron chi connectivity index (χ3n) is 3.22. The highest BCUT2D eigenvalue weighted by molar-refractivity contribution is 8.00. The molecule has 0 aliphatic carbocycles. The lowest BCUT2D eigenvalue weighted by atomic mass is 10.3. The van der Waals surface area contributed by atoms with Crippen molar-refractivity contribution in [2.45, 2.75) is 17.3 Å². The van der Waals surface area contributed by atoms with Crippen LogP contribution in [0.15, 0.2) is 29.4 Å². The van der Waals surface area contributed by atoms with Gasteiger partial charge in [0.1, 0.15) is 5.25 Å². The minimum Gasteiger partial charge on any atom is -0.480 e. The molecule has 0 saturated carbocycles. The van der Waals surface area contributed by atoms with Crippen LogP contribution in [0.3, 0.4) is 0 Å². The normalized spacial score (nSPS) is 13.4. The average molecular weight is 302 g/mol. The Balaban J connectivity index is 1.93. The highest BCUT2D eigenvalue weighted by Crippen LogP contribution is 2.24. The molecule has 0 aliphatic heterocycles. The van der Waals surface area contributed by atoms with Crippen LogP contribution in [-0.2, 0) is 4.79 Å². The lowest BCUT2D eigenvalue weighted by molar-refractivity contribution is -0.136. The van der Waals surface area contributed by atoms with Crippen molar-refractivity contribution in [2.24, 2.45) is 0 Å². The third-order valence-corrected chi connectivity index (χ3v) is 4.25. The van der Waals surface area contributed by atoms with Crippen LogP contribution in [-0.4, -0.2) is 45.5 Å². The molecule has 0 radical (unpaired) electrons. The maximum absolute atomic E-state index is 11.0. The Labute approximate surface area is 121 Å². The number of aromatic amines is 1. The van der Waals surface area contributed by atoms with Gasteiger partial charge in [-0.1, -0.05) is 23.9 Å². The molecule has 0 spiro atoms. The summed E-state index contributed by atoms with van der Waals surface area (Å²) in [5, 5.41) is 20.1. The molecule has 0 amide bonds. The molecular formula is C12H10N6O2S. The van der Waals surface area contributed by atoms with Crippen molar-refractivity contribution in [3.63, 3.8) is 0 Å². The summed E-state index contributed by atoms with van der Waals surface area (Å²) in [6.45, 7) is 1.61. The SMILES string of the molecule is CC(Sc1nnc2n1[nH]c1nc3ccccc3n12)C(=O)O. The number of imidazole rings is 1. The highest BCUT2D eigenvalue weighted by atomic mass is 32.2. The van der Waals surface area contributed by atoms with E-state index in [2.05, 4.69) is 20.3 Å². The maximum Gasteiger partial charge on any atom is 0.316 e. The number of thioether (sulfide) groups is 1. The number of hydrogen-bond donors (Lipinski definition) is 2. The average Bonchev–Trinajstić information content (AvgIpc) is 3.09. The molecule has 4 aromatic rings. The van der Waals surface area contributed by atoms with Crippen LogP contribution in [0, 0.1) is 0 Å². The van der Waals surface area contributed by atoms with Crippen LogP contribution in [0.5, 0.6) is 0 Å². The first-order chi connectivity index (χ1) is 10.1. The fraction of sp³-hybridized carbons (Fsp3) is 0.167. The van der Waals surface area contributed by atoms with Crippen LogP contribution in [0.25, 0.3) is 22.6 Å². The second-order valence-electron chi connectivity index (χ2n) is 4.59. The number of rotatable bonds is 3. The van der Waals surface area contributed by atoms with Gasteiger partial charge in [0.05, 0.1) is 11.0 Å². The van der Waals surface area contributed by atoms with Crippen LogP contribution >= 0.6 is 11.8 Å². The van der Waals surface area contributed by atoms with E-state index in [4.69, 9.17) is 5.11 Å². The summed E-state index contributed by atoms with van der Waals surface area (Å²) in [4.78, 5) is 15.4. The van der Waals surface area contributed by atoms with Crippen LogP contribution in [0.2, 0.25) is 0 Å². The summed E-state index contributed by atoms with van der Waals surface area (Å²) in [6.07, 6.45) is 0. The summed E-state index contributed by atoms with van der Waals surface area (Å²) in [5.74, 6) is 0.336. The fourth-order valence-corrected chi connectivity index (χ4v) is 2.93. The molecule has 9 heteroatoms. The smallest absolute Gasteiger partial charge is 0.316 e. The number of carboxylic acid groups (broad SMARTS) is 1. The van der Waals surface area contributed by atoms with Gasteiger partial charge in [0, 0.05) is 0 Å². The molecular weight excluding hydrogens is 292 g/mol. The van der Waals surface area contributed by atoms with Crippen molar-refractivity contribution in [3.05, 3.63) is 24.3 Å². The van der Waals surface area contributed by atoms with Crippen molar-refractivity contribution in [1.82, 2.24) is 29.2 Å². The molecule has 0 aliphatic rings. The van der Waals surface area contributed by atoms with E-state index in [1.54, 1.807) is 11.4 Å². The Hall–Kier alpha value is -2.55. The largest absolute Gasteiger partial charge is 0.480 e. The van der Waals surface area contributed by atoms with Gasteiger partial charge in [-0.3, -0.25) is 9.89 Å². The van der Waals surface area contributed by atoms with Gasteiger partial charge in [-0.05, 0) is 19.1 Å². The maximum atomic E-state index is 11.0. The molecule has 0 fully saturated rings. The van der Waals surface area contributed by atoms with E-state index in [0.29, 0.717) is 16.7 Å². The number of carboxylic acids is 1. The van der Waals surface area contributed by atoms with E-state index in [1.807, 2.05) is 28.7 Å². The van der Waals surface area contributed by atoms with E-state index < -0.39 is 11.2 Å². The van der Waals surface area contributed by atoms with Gasteiger partial charge in [0.2, 0.25) is 10.9 Å². The quantitative estimate of drug-likeness (QED) is 0.555. The van der Waals surface area contributed by atoms with Gasteiger partial charge in [0.15, 0.2) is 0 Å². The summed E-state index contributed by atoms with van der Waals surface area (Å²) >= 11 is 1.13. The van der Waals surface area contributed by atoms with E-state index in [1.165, 1.54) is 0 Å². The number of fused-ring (bicyclic) bond motifs is 5. The second kappa shape index (κ2) is 4.22. The first-order valence-electron chi connectivity index (χ1n) is 6.25. The highest BCUT2D eigenvalue weighted by Gasteiger charge is 2.20. The van der Waals surface area contributed by atoms with E-state index >= 15 is 0 Å². The number of benzene rings is 1. The Morgan fingerprint density at radius 3 is 3.00 bits per heavy atom. The van der Waals surface area contributed by atoms with Crippen molar-refractivity contribution in [2.75, 3.05) is 0 Å². The van der Waals surface area contributed by atoms with Crippen molar-refractivity contribution in [3.8, 4) is 0 Å². The zero-order valence-corrected chi connectivity index (χ0v) is 11.7. The Bertz CT molecular complexity index is 984. The van der Waals surface area contributed by atoms with Gasteiger partial charge < -0.3 is 5.11 Å².